The Kier molecular flexibility index (Phi) is 4.81. The van der Waals surface area contributed by atoms with Gasteiger partial charge in [-0.15, -0.1) is 0 Å². The van der Waals surface area contributed by atoms with E-state index in [9.17, 15) is 0 Å². The summed E-state index contributed by atoms with van der Waals surface area (Å²) in [7, 11) is 2.03. The molecule has 0 amide bonds. The highest BCUT2D eigenvalue weighted by atomic mass is 16.5. The lowest BCUT2D eigenvalue weighted by atomic mass is 10.1. The van der Waals surface area contributed by atoms with Gasteiger partial charge in [0.05, 0.1) is 19.0 Å². The molecule has 0 saturated carbocycles. The van der Waals surface area contributed by atoms with Gasteiger partial charge in [0.25, 0.3) is 0 Å². The van der Waals surface area contributed by atoms with Gasteiger partial charge >= 0.3 is 0 Å². The molecule has 0 aliphatic carbocycles. The zero-order valence-corrected chi connectivity index (χ0v) is 15.2. The van der Waals surface area contributed by atoms with E-state index in [-0.39, 0.29) is 6.04 Å². The maximum atomic E-state index is 5.49. The third-order valence-electron chi connectivity index (χ3n) is 4.97. The Hall–Kier alpha value is -2.51. The van der Waals surface area contributed by atoms with Gasteiger partial charge in [0.1, 0.15) is 5.82 Å². The second-order valence-electron chi connectivity index (χ2n) is 6.79. The second kappa shape index (κ2) is 7.39. The van der Waals surface area contributed by atoms with Crippen LogP contribution in [0.2, 0.25) is 0 Å². The average Bonchev–Trinajstić information content (AvgIpc) is 3.26. The van der Waals surface area contributed by atoms with Gasteiger partial charge in [0.2, 0.25) is 5.89 Å². The predicted molar refractivity (Wildman–Crippen MR) is 97.5 cm³/mol. The van der Waals surface area contributed by atoms with E-state index in [0.717, 1.165) is 31.3 Å². The molecule has 1 fully saturated rings. The van der Waals surface area contributed by atoms with Gasteiger partial charge in [-0.25, -0.2) is 4.98 Å². The van der Waals surface area contributed by atoms with Gasteiger partial charge < -0.3 is 14.4 Å². The molecule has 0 spiro atoms. The van der Waals surface area contributed by atoms with E-state index in [4.69, 9.17) is 4.52 Å². The molecular weight excluding hydrogens is 328 g/mol. The van der Waals surface area contributed by atoms with Crippen LogP contribution in [0.15, 0.2) is 41.2 Å². The van der Waals surface area contributed by atoms with Crippen molar-refractivity contribution in [3.8, 4) is 0 Å². The second-order valence-corrected chi connectivity index (χ2v) is 6.79. The fourth-order valence-electron chi connectivity index (χ4n) is 3.47. The molecule has 1 aromatic carbocycles. The Morgan fingerprint density at radius 2 is 2.19 bits per heavy atom. The molecule has 1 aliphatic rings. The van der Waals surface area contributed by atoms with Crippen LogP contribution in [0.1, 0.15) is 34.7 Å². The van der Waals surface area contributed by atoms with Crippen LogP contribution in [0.4, 0.5) is 0 Å². The number of nitrogens with zero attached hydrogens (tertiary/aromatic N) is 5. The monoisotopic (exact) mass is 352 g/mol. The summed E-state index contributed by atoms with van der Waals surface area (Å²) in [5.41, 5.74) is 2.46. The minimum atomic E-state index is 0.210. The Labute approximate surface area is 153 Å². The molecule has 1 unspecified atom stereocenters. The van der Waals surface area contributed by atoms with E-state index in [1.807, 2.05) is 31.6 Å². The molecule has 1 atom stereocenters. The summed E-state index contributed by atoms with van der Waals surface area (Å²) >= 11 is 0. The van der Waals surface area contributed by atoms with Gasteiger partial charge in [-0.1, -0.05) is 29.4 Å². The molecule has 3 aromatic rings. The summed E-state index contributed by atoms with van der Waals surface area (Å²) in [5, 5.41) is 7.65. The summed E-state index contributed by atoms with van der Waals surface area (Å²) in [4.78, 5) is 11.5. The third-order valence-corrected chi connectivity index (χ3v) is 4.97. The van der Waals surface area contributed by atoms with E-state index >= 15 is 0 Å². The number of hydrogen-bond donors (Lipinski definition) is 1. The number of rotatable bonds is 5. The smallest absolute Gasteiger partial charge is 0.231 e. The lowest BCUT2D eigenvalue weighted by Gasteiger charge is -2.34. The maximum absolute atomic E-state index is 5.49. The van der Waals surface area contributed by atoms with Gasteiger partial charge in [-0.05, 0) is 18.1 Å². The largest absolute Gasteiger partial charge is 0.339 e. The molecule has 0 radical (unpaired) electrons. The van der Waals surface area contributed by atoms with Crippen molar-refractivity contribution < 1.29 is 4.52 Å². The van der Waals surface area contributed by atoms with E-state index < -0.39 is 0 Å². The minimum absolute atomic E-state index is 0.210. The molecule has 1 N–H and O–H groups in total. The highest BCUT2D eigenvalue weighted by Gasteiger charge is 2.28. The van der Waals surface area contributed by atoms with E-state index in [1.165, 1.54) is 11.1 Å². The van der Waals surface area contributed by atoms with Crippen LogP contribution in [-0.2, 0) is 20.0 Å². The molecule has 7 nitrogen and oxygen atoms in total. The lowest BCUT2D eigenvalue weighted by molar-refractivity contribution is 0.139. The van der Waals surface area contributed by atoms with Crippen molar-refractivity contribution in [2.75, 3.05) is 19.6 Å². The van der Waals surface area contributed by atoms with E-state index in [1.54, 1.807) is 0 Å². The Morgan fingerprint density at radius 1 is 1.31 bits per heavy atom. The number of hydrogen-bond acceptors (Lipinski definition) is 6. The van der Waals surface area contributed by atoms with Crippen molar-refractivity contribution >= 4 is 0 Å². The van der Waals surface area contributed by atoms with Crippen LogP contribution < -0.4 is 5.32 Å². The van der Waals surface area contributed by atoms with Crippen LogP contribution in [-0.4, -0.2) is 44.2 Å². The summed E-state index contributed by atoms with van der Waals surface area (Å²) in [6.45, 7) is 5.52. The van der Waals surface area contributed by atoms with Crippen LogP contribution >= 0.6 is 0 Å². The summed E-state index contributed by atoms with van der Waals surface area (Å²) in [6.07, 6.45) is 4.50. The maximum Gasteiger partial charge on any atom is 0.231 e. The van der Waals surface area contributed by atoms with Crippen LogP contribution in [0.25, 0.3) is 0 Å². The molecule has 2 aromatic heterocycles. The number of nitrogens with one attached hydrogen (secondary N) is 1. The first-order chi connectivity index (χ1) is 12.7. The normalized spacial score (nSPS) is 18.3. The quantitative estimate of drug-likeness (QED) is 0.756. The molecule has 7 heteroatoms. The first-order valence-corrected chi connectivity index (χ1v) is 8.98. The highest BCUT2D eigenvalue weighted by Crippen LogP contribution is 2.22. The summed E-state index contributed by atoms with van der Waals surface area (Å²) in [5.74, 6) is 2.45. The fraction of sp³-hybridized carbons (Fsp3) is 0.421. The number of piperazine rings is 1. The summed E-state index contributed by atoms with van der Waals surface area (Å²) in [6, 6.07) is 8.50. The van der Waals surface area contributed by atoms with Crippen molar-refractivity contribution in [2.45, 2.75) is 25.9 Å². The highest BCUT2D eigenvalue weighted by molar-refractivity contribution is 5.27. The number of imidazole rings is 1. The first kappa shape index (κ1) is 16.9. The lowest BCUT2D eigenvalue weighted by Crippen LogP contribution is -2.46. The SMILES string of the molecule is Cc1ccccc1Cc1nc(CN2CCNCC2c2nccn2C)no1. The topological polar surface area (TPSA) is 72.0 Å². The number of aryl methyl sites for hydroxylation is 2. The molecule has 136 valence electrons. The van der Waals surface area contributed by atoms with Gasteiger partial charge in [-0.2, -0.15) is 4.98 Å². The fourth-order valence-corrected chi connectivity index (χ4v) is 3.47. The Balaban J connectivity index is 1.47. The van der Waals surface area contributed by atoms with Crippen LogP contribution in [0, 0.1) is 6.92 Å². The van der Waals surface area contributed by atoms with Crippen molar-refractivity contribution in [3.63, 3.8) is 0 Å². The molecular formula is C19H24N6O. The average molecular weight is 352 g/mol. The van der Waals surface area contributed by atoms with E-state index in [2.05, 4.69) is 49.0 Å². The third kappa shape index (κ3) is 3.54. The van der Waals surface area contributed by atoms with Gasteiger partial charge in [0, 0.05) is 39.1 Å². The molecule has 1 aliphatic heterocycles. The molecule has 0 bridgehead atoms. The standard InChI is InChI=1S/C19H24N6O/c1-14-5-3-4-6-15(14)11-18-22-17(23-26-18)13-25-10-7-20-12-16(25)19-21-8-9-24(19)2/h3-6,8-9,16,20H,7,10-13H2,1-2H3. The van der Waals surface area contributed by atoms with Crippen molar-refractivity contribution in [1.82, 2.24) is 29.9 Å². The molecule has 1 saturated heterocycles. The van der Waals surface area contributed by atoms with E-state index in [0.29, 0.717) is 18.9 Å². The molecule has 4 rings (SSSR count). The number of aromatic nitrogens is 4. The zero-order valence-electron chi connectivity index (χ0n) is 15.2. The van der Waals surface area contributed by atoms with Crippen LogP contribution in [0.3, 0.4) is 0 Å². The predicted octanol–water partition coefficient (Wildman–Crippen LogP) is 1.85. The molecule has 3 heterocycles. The Morgan fingerprint density at radius 3 is 3.00 bits per heavy atom. The molecule has 26 heavy (non-hydrogen) atoms. The Bertz CT molecular complexity index is 870. The van der Waals surface area contributed by atoms with Gasteiger partial charge in [0.15, 0.2) is 5.82 Å². The zero-order chi connectivity index (χ0) is 17.9. The minimum Gasteiger partial charge on any atom is -0.339 e. The van der Waals surface area contributed by atoms with Crippen molar-refractivity contribution in [2.24, 2.45) is 7.05 Å². The number of benzene rings is 1. The summed E-state index contributed by atoms with van der Waals surface area (Å²) < 4.78 is 7.56. The van der Waals surface area contributed by atoms with Crippen LogP contribution in [0.5, 0.6) is 0 Å². The first-order valence-electron chi connectivity index (χ1n) is 8.98. The van der Waals surface area contributed by atoms with Gasteiger partial charge in [-0.3, -0.25) is 4.90 Å². The van der Waals surface area contributed by atoms with Crippen molar-refractivity contribution in [1.29, 1.82) is 0 Å². The van der Waals surface area contributed by atoms with Crippen molar-refractivity contribution in [3.05, 3.63) is 65.3 Å².